The lowest BCUT2D eigenvalue weighted by Gasteiger charge is -2.33. The lowest BCUT2D eigenvalue weighted by Crippen LogP contribution is -2.47. The largest absolute Gasteiger partial charge is 0.496 e. The second kappa shape index (κ2) is 8.61. The summed E-state index contributed by atoms with van der Waals surface area (Å²) in [5, 5.41) is 3.15. The van der Waals surface area contributed by atoms with Crippen LogP contribution in [0.1, 0.15) is 50.5 Å². The number of rotatable bonds is 5. The van der Waals surface area contributed by atoms with Gasteiger partial charge in [0.05, 0.1) is 17.9 Å². The third kappa shape index (κ3) is 4.63. The Balaban J connectivity index is 1.69. The van der Waals surface area contributed by atoms with Crippen molar-refractivity contribution >= 4 is 15.9 Å². The van der Waals surface area contributed by atoms with Crippen molar-refractivity contribution < 1.29 is 17.9 Å². The number of nitrogens with one attached hydrogen (secondary N) is 1. The van der Waals surface area contributed by atoms with Gasteiger partial charge in [-0.2, -0.15) is 4.31 Å². The van der Waals surface area contributed by atoms with Crippen LogP contribution in [-0.4, -0.2) is 44.9 Å². The van der Waals surface area contributed by atoms with E-state index in [1.807, 2.05) is 6.92 Å². The Labute approximate surface area is 162 Å². The summed E-state index contributed by atoms with van der Waals surface area (Å²) in [6.07, 6.45) is 7.07. The molecule has 1 aromatic rings. The third-order valence-electron chi connectivity index (χ3n) is 5.71. The number of hydrogen-bond donors (Lipinski definition) is 1. The smallest absolute Gasteiger partial charge is 0.243 e. The lowest BCUT2D eigenvalue weighted by atomic mass is 9.93. The molecule has 2 fully saturated rings. The van der Waals surface area contributed by atoms with E-state index in [0.717, 1.165) is 37.7 Å². The molecule has 27 heavy (non-hydrogen) atoms. The van der Waals surface area contributed by atoms with E-state index in [0.29, 0.717) is 18.7 Å². The van der Waals surface area contributed by atoms with Gasteiger partial charge in [0.25, 0.3) is 0 Å². The van der Waals surface area contributed by atoms with Gasteiger partial charge in [0.15, 0.2) is 0 Å². The maximum atomic E-state index is 13.1. The van der Waals surface area contributed by atoms with Gasteiger partial charge in [0.1, 0.15) is 5.75 Å². The second-order valence-corrected chi connectivity index (χ2v) is 9.62. The van der Waals surface area contributed by atoms with E-state index >= 15 is 0 Å². The number of sulfonamides is 1. The first-order valence-electron chi connectivity index (χ1n) is 9.87. The third-order valence-corrected chi connectivity index (χ3v) is 7.57. The summed E-state index contributed by atoms with van der Waals surface area (Å²) in [6.45, 7) is 2.54. The molecule has 2 aliphatic rings. The molecule has 0 aromatic heterocycles. The van der Waals surface area contributed by atoms with Gasteiger partial charge in [-0.15, -0.1) is 0 Å². The first-order valence-corrected chi connectivity index (χ1v) is 11.3. The van der Waals surface area contributed by atoms with E-state index in [1.165, 1.54) is 10.7 Å². The van der Waals surface area contributed by atoms with Crippen molar-refractivity contribution in [2.75, 3.05) is 20.2 Å². The number of benzene rings is 1. The molecule has 1 aliphatic heterocycles. The van der Waals surface area contributed by atoms with Crippen LogP contribution in [0, 0.1) is 12.8 Å². The van der Waals surface area contributed by atoms with Crippen LogP contribution in [-0.2, 0) is 14.8 Å². The molecule has 0 spiro atoms. The van der Waals surface area contributed by atoms with Gasteiger partial charge in [-0.3, -0.25) is 4.79 Å². The highest BCUT2D eigenvalue weighted by Gasteiger charge is 2.34. The van der Waals surface area contributed by atoms with Crippen LogP contribution in [0.4, 0.5) is 0 Å². The monoisotopic (exact) mass is 394 g/mol. The number of methoxy groups -OCH3 is 1. The van der Waals surface area contributed by atoms with E-state index in [2.05, 4.69) is 5.32 Å². The molecule has 1 heterocycles. The Morgan fingerprint density at radius 1 is 1.15 bits per heavy atom. The van der Waals surface area contributed by atoms with E-state index < -0.39 is 10.0 Å². The minimum atomic E-state index is -3.61. The van der Waals surface area contributed by atoms with Crippen molar-refractivity contribution in [1.82, 2.24) is 9.62 Å². The molecule has 1 saturated carbocycles. The Morgan fingerprint density at radius 2 is 1.89 bits per heavy atom. The van der Waals surface area contributed by atoms with Crippen molar-refractivity contribution in [2.45, 2.75) is 62.8 Å². The zero-order valence-corrected chi connectivity index (χ0v) is 17.1. The number of carbonyl (C=O) groups is 1. The summed E-state index contributed by atoms with van der Waals surface area (Å²) in [5.74, 6) is 0.403. The molecule has 1 unspecified atom stereocenters. The maximum Gasteiger partial charge on any atom is 0.243 e. The topological polar surface area (TPSA) is 75.7 Å². The first-order chi connectivity index (χ1) is 12.9. The van der Waals surface area contributed by atoms with E-state index in [1.54, 1.807) is 25.3 Å². The van der Waals surface area contributed by atoms with Gasteiger partial charge in [-0.05, 0) is 56.4 Å². The predicted molar refractivity (Wildman–Crippen MR) is 104 cm³/mol. The molecule has 0 radical (unpaired) electrons. The lowest BCUT2D eigenvalue weighted by molar-refractivity contribution is -0.127. The van der Waals surface area contributed by atoms with E-state index in [9.17, 15) is 13.2 Å². The number of nitrogens with zero attached hydrogens (tertiary/aromatic N) is 1. The van der Waals surface area contributed by atoms with Crippen LogP contribution in [0.5, 0.6) is 5.75 Å². The van der Waals surface area contributed by atoms with Crippen LogP contribution < -0.4 is 10.1 Å². The molecular formula is C20H30N2O4S. The molecule has 0 bridgehead atoms. The molecule has 1 amide bonds. The minimum Gasteiger partial charge on any atom is -0.496 e. The average Bonchev–Trinajstić information content (AvgIpc) is 2.68. The predicted octanol–water partition coefficient (Wildman–Crippen LogP) is 2.85. The molecule has 150 valence electrons. The average molecular weight is 395 g/mol. The second-order valence-electron chi connectivity index (χ2n) is 7.68. The highest BCUT2D eigenvalue weighted by atomic mass is 32.2. The number of hydrogen-bond acceptors (Lipinski definition) is 4. The van der Waals surface area contributed by atoms with Crippen molar-refractivity contribution in [3.63, 3.8) is 0 Å². The van der Waals surface area contributed by atoms with Gasteiger partial charge in [-0.25, -0.2) is 8.42 Å². The quantitative estimate of drug-likeness (QED) is 0.833. The normalized spacial score (nSPS) is 22.4. The number of piperidine rings is 1. The fraction of sp³-hybridized carbons (Fsp3) is 0.650. The summed E-state index contributed by atoms with van der Waals surface area (Å²) < 4.78 is 32.8. The molecule has 6 nitrogen and oxygen atoms in total. The minimum absolute atomic E-state index is 0.00714. The van der Waals surface area contributed by atoms with Crippen molar-refractivity contribution in [1.29, 1.82) is 0 Å². The summed E-state index contributed by atoms with van der Waals surface area (Å²) >= 11 is 0. The van der Waals surface area contributed by atoms with Crippen LogP contribution in [0.15, 0.2) is 23.1 Å². The highest BCUT2D eigenvalue weighted by molar-refractivity contribution is 7.89. The molecule has 1 aliphatic carbocycles. The van der Waals surface area contributed by atoms with Gasteiger partial charge in [0, 0.05) is 19.1 Å². The zero-order valence-electron chi connectivity index (χ0n) is 16.2. The van der Waals surface area contributed by atoms with Crippen LogP contribution in [0.3, 0.4) is 0 Å². The maximum absolute atomic E-state index is 13.1. The molecule has 1 aromatic carbocycles. The fourth-order valence-corrected chi connectivity index (χ4v) is 5.71. The summed E-state index contributed by atoms with van der Waals surface area (Å²) in [6, 6.07) is 5.15. The Bertz CT molecular complexity index is 772. The molecular weight excluding hydrogens is 364 g/mol. The standard InChI is InChI=1S/C20H30N2O4S/c1-15-13-18(10-11-19(15)26-2)27(24,25)22-12-6-7-16(14-22)20(23)21-17-8-4-3-5-9-17/h10-11,13,16-17H,3-9,12,14H2,1-2H3,(H,21,23). The van der Waals surface area contributed by atoms with Crippen molar-refractivity contribution in [2.24, 2.45) is 5.92 Å². The van der Waals surface area contributed by atoms with Crippen LogP contribution in [0.25, 0.3) is 0 Å². The number of carbonyl (C=O) groups excluding carboxylic acids is 1. The summed E-state index contributed by atoms with van der Waals surface area (Å²) in [7, 11) is -2.05. The van der Waals surface area contributed by atoms with Gasteiger partial charge in [-0.1, -0.05) is 19.3 Å². The molecule has 3 rings (SSSR count). The number of ether oxygens (including phenoxy) is 1. The van der Waals surface area contributed by atoms with Crippen molar-refractivity contribution in [3.05, 3.63) is 23.8 Å². The Hall–Kier alpha value is -1.60. The molecule has 1 atom stereocenters. The zero-order chi connectivity index (χ0) is 19.4. The first kappa shape index (κ1) is 20.1. The molecule has 1 N–H and O–H groups in total. The van der Waals surface area contributed by atoms with Gasteiger partial charge >= 0.3 is 0 Å². The number of aryl methyl sites for hydroxylation is 1. The molecule has 7 heteroatoms. The summed E-state index contributed by atoms with van der Waals surface area (Å²) in [4.78, 5) is 12.9. The highest BCUT2D eigenvalue weighted by Crippen LogP contribution is 2.27. The fourth-order valence-electron chi connectivity index (χ4n) is 4.10. The SMILES string of the molecule is COc1ccc(S(=O)(=O)N2CCCC(C(=O)NC3CCCCC3)C2)cc1C. The van der Waals surface area contributed by atoms with Gasteiger partial charge < -0.3 is 10.1 Å². The number of amides is 1. The van der Waals surface area contributed by atoms with Gasteiger partial charge in [0.2, 0.25) is 15.9 Å². The van der Waals surface area contributed by atoms with Crippen LogP contribution in [0.2, 0.25) is 0 Å². The Kier molecular flexibility index (Phi) is 6.42. The van der Waals surface area contributed by atoms with Crippen LogP contribution >= 0.6 is 0 Å². The van der Waals surface area contributed by atoms with E-state index in [4.69, 9.17) is 4.74 Å². The van der Waals surface area contributed by atoms with Crippen molar-refractivity contribution in [3.8, 4) is 5.75 Å². The summed E-state index contributed by atoms with van der Waals surface area (Å²) in [5.41, 5.74) is 0.780. The van der Waals surface area contributed by atoms with E-state index in [-0.39, 0.29) is 29.3 Å². The Morgan fingerprint density at radius 3 is 2.56 bits per heavy atom. The molecule has 1 saturated heterocycles.